The van der Waals surface area contributed by atoms with Gasteiger partial charge >= 0.3 is 5.97 Å². The van der Waals surface area contributed by atoms with Crippen molar-refractivity contribution in [2.75, 3.05) is 5.32 Å². The van der Waals surface area contributed by atoms with Gasteiger partial charge in [-0.2, -0.15) is 0 Å². The molecule has 0 heterocycles. The van der Waals surface area contributed by atoms with E-state index in [9.17, 15) is 14.3 Å². The maximum absolute atomic E-state index is 13.1. The second-order valence-corrected chi connectivity index (χ2v) is 5.22. The van der Waals surface area contributed by atoms with Crippen LogP contribution in [0.2, 0.25) is 0 Å². The molecule has 98 valence electrons. The summed E-state index contributed by atoms with van der Waals surface area (Å²) in [7, 11) is 0. The number of nitrogens with one attached hydrogen (secondary N) is 1. The molecule has 1 aliphatic carbocycles. The number of hydrogen-bond acceptors (Lipinski definition) is 2. The van der Waals surface area contributed by atoms with Gasteiger partial charge in [-0.25, -0.2) is 9.18 Å². The van der Waals surface area contributed by atoms with Gasteiger partial charge < -0.3 is 10.4 Å². The maximum atomic E-state index is 13.1. The molecule has 0 aliphatic heterocycles. The van der Waals surface area contributed by atoms with Crippen molar-refractivity contribution in [3.63, 3.8) is 0 Å². The van der Waals surface area contributed by atoms with Crippen LogP contribution in [0.15, 0.2) is 24.3 Å². The third-order valence-electron chi connectivity index (χ3n) is 3.62. The maximum Gasteiger partial charge on any atom is 0.329 e. The molecule has 2 N–H and O–H groups in total. The molecule has 2 rings (SSSR count). The van der Waals surface area contributed by atoms with Crippen LogP contribution < -0.4 is 5.32 Å². The normalized spacial score (nSPS) is 27.8. The van der Waals surface area contributed by atoms with Crippen LogP contribution in [-0.4, -0.2) is 16.6 Å². The first-order valence-corrected chi connectivity index (χ1v) is 6.29. The lowest BCUT2D eigenvalue weighted by atomic mass is 9.76. The minimum atomic E-state index is -0.953. The third kappa shape index (κ3) is 2.63. The molecule has 1 aromatic carbocycles. The van der Waals surface area contributed by atoms with Crippen molar-refractivity contribution in [1.29, 1.82) is 0 Å². The lowest BCUT2D eigenvalue weighted by Gasteiger charge is -2.37. The van der Waals surface area contributed by atoms with E-state index >= 15 is 0 Å². The highest BCUT2D eigenvalue weighted by molar-refractivity contribution is 5.83. The van der Waals surface area contributed by atoms with Gasteiger partial charge in [0.15, 0.2) is 0 Å². The smallest absolute Gasteiger partial charge is 0.329 e. The summed E-state index contributed by atoms with van der Waals surface area (Å²) in [6.07, 6.45) is 3.11. The molecule has 1 aliphatic rings. The molecule has 18 heavy (non-hydrogen) atoms. The minimum absolute atomic E-state index is 0.357. The number of carboxylic acids is 1. The van der Waals surface area contributed by atoms with Gasteiger partial charge in [0.2, 0.25) is 0 Å². The highest BCUT2D eigenvalue weighted by atomic mass is 19.1. The van der Waals surface area contributed by atoms with Gasteiger partial charge in [0.05, 0.1) is 0 Å². The third-order valence-corrected chi connectivity index (χ3v) is 3.62. The summed E-state index contributed by atoms with van der Waals surface area (Å²) in [6.45, 7) is 2.06. The molecule has 1 fully saturated rings. The molecule has 0 radical (unpaired) electrons. The zero-order valence-electron chi connectivity index (χ0n) is 10.4. The summed E-state index contributed by atoms with van der Waals surface area (Å²) < 4.78 is 13.1. The molecule has 1 saturated carbocycles. The van der Waals surface area contributed by atoms with Crippen molar-refractivity contribution in [3.8, 4) is 0 Å². The van der Waals surface area contributed by atoms with Gasteiger partial charge in [0.1, 0.15) is 11.4 Å². The first-order valence-electron chi connectivity index (χ1n) is 6.29. The largest absolute Gasteiger partial charge is 0.480 e. The molecule has 0 aromatic heterocycles. The van der Waals surface area contributed by atoms with Crippen molar-refractivity contribution in [2.45, 2.75) is 38.1 Å². The summed E-state index contributed by atoms with van der Waals surface area (Å²) in [5, 5.41) is 12.5. The number of halogens is 1. The number of carboxylic acid groups (broad SMARTS) is 1. The van der Waals surface area contributed by atoms with E-state index in [1.165, 1.54) is 12.1 Å². The number of rotatable bonds is 3. The summed E-state index contributed by atoms with van der Waals surface area (Å²) in [5.74, 6) is -0.835. The quantitative estimate of drug-likeness (QED) is 0.866. The van der Waals surface area contributed by atoms with Gasteiger partial charge in [-0.1, -0.05) is 25.8 Å². The molecule has 4 heteroatoms. The van der Waals surface area contributed by atoms with Crippen LogP contribution in [0.25, 0.3) is 0 Å². The summed E-state index contributed by atoms with van der Waals surface area (Å²) >= 11 is 0. The molecule has 3 nitrogen and oxygen atoms in total. The van der Waals surface area contributed by atoms with Crippen LogP contribution in [0.1, 0.15) is 32.6 Å². The van der Waals surface area contributed by atoms with Gasteiger partial charge in [-0.15, -0.1) is 0 Å². The van der Waals surface area contributed by atoms with Crippen LogP contribution in [0.3, 0.4) is 0 Å². The molecule has 2 unspecified atom stereocenters. The second-order valence-electron chi connectivity index (χ2n) is 5.22. The number of hydrogen-bond donors (Lipinski definition) is 2. The Morgan fingerprint density at radius 2 is 2.33 bits per heavy atom. The van der Waals surface area contributed by atoms with Crippen LogP contribution in [0.4, 0.5) is 10.1 Å². The van der Waals surface area contributed by atoms with Gasteiger partial charge in [-0.05, 0) is 37.0 Å². The predicted octanol–water partition coefficient (Wildman–Crippen LogP) is 3.27. The van der Waals surface area contributed by atoms with E-state index in [-0.39, 0.29) is 5.82 Å². The molecule has 2 atom stereocenters. The fraction of sp³-hybridized carbons (Fsp3) is 0.500. The molecular formula is C14H18FNO2. The van der Waals surface area contributed by atoms with Crippen molar-refractivity contribution in [1.82, 2.24) is 0 Å². The Bertz CT molecular complexity index is 449. The minimum Gasteiger partial charge on any atom is -0.480 e. The molecule has 0 spiro atoms. The highest BCUT2D eigenvalue weighted by Gasteiger charge is 2.41. The van der Waals surface area contributed by atoms with E-state index < -0.39 is 11.5 Å². The zero-order valence-corrected chi connectivity index (χ0v) is 10.4. The number of anilines is 1. The Kier molecular flexibility index (Phi) is 3.55. The number of benzene rings is 1. The van der Waals surface area contributed by atoms with E-state index in [0.717, 1.165) is 12.8 Å². The highest BCUT2D eigenvalue weighted by Crippen LogP contribution is 2.35. The Balaban J connectivity index is 2.23. The van der Waals surface area contributed by atoms with Crippen molar-refractivity contribution >= 4 is 11.7 Å². The fourth-order valence-corrected chi connectivity index (χ4v) is 2.76. The second kappa shape index (κ2) is 4.96. The molecular weight excluding hydrogens is 233 g/mol. The molecule has 0 saturated heterocycles. The van der Waals surface area contributed by atoms with E-state index in [1.54, 1.807) is 12.1 Å². The van der Waals surface area contributed by atoms with E-state index in [1.807, 2.05) is 0 Å². The Morgan fingerprint density at radius 1 is 1.56 bits per heavy atom. The Labute approximate surface area is 106 Å². The van der Waals surface area contributed by atoms with Crippen LogP contribution in [0, 0.1) is 11.7 Å². The van der Waals surface area contributed by atoms with Gasteiger partial charge in [0, 0.05) is 5.69 Å². The van der Waals surface area contributed by atoms with Crippen molar-refractivity contribution in [3.05, 3.63) is 30.1 Å². The topological polar surface area (TPSA) is 49.3 Å². The molecule has 0 bridgehead atoms. The predicted molar refractivity (Wildman–Crippen MR) is 68.0 cm³/mol. The average Bonchev–Trinajstić information content (AvgIpc) is 2.28. The standard InChI is InChI=1S/C14H18FNO2/c1-10-4-3-7-14(9-10,13(17)18)16-12-6-2-5-11(15)8-12/h2,5-6,8,10,16H,3-4,7,9H2,1H3,(H,17,18). The Hall–Kier alpha value is -1.58. The summed E-state index contributed by atoms with van der Waals surface area (Å²) in [5.41, 5.74) is -0.419. The monoisotopic (exact) mass is 251 g/mol. The van der Waals surface area contributed by atoms with Crippen molar-refractivity contribution in [2.24, 2.45) is 5.92 Å². The van der Waals surface area contributed by atoms with Crippen LogP contribution in [-0.2, 0) is 4.79 Å². The van der Waals surface area contributed by atoms with Crippen LogP contribution >= 0.6 is 0 Å². The summed E-state index contributed by atoms with van der Waals surface area (Å²) in [4.78, 5) is 11.6. The molecule has 1 aromatic rings. The first kappa shape index (κ1) is 12.9. The lowest BCUT2D eigenvalue weighted by molar-refractivity contribution is -0.144. The van der Waals surface area contributed by atoms with Gasteiger partial charge in [0.25, 0.3) is 0 Å². The van der Waals surface area contributed by atoms with Gasteiger partial charge in [-0.3, -0.25) is 0 Å². The fourth-order valence-electron chi connectivity index (χ4n) is 2.76. The average molecular weight is 251 g/mol. The SMILES string of the molecule is CC1CCCC(Nc2cccc(F)c2)(C(=O)O)C1. The number of carbonyl (C=O) groups is 1. The summed E-state index contributed by atoms with van der Waals surface area (Å²) in [6, 6.07) is 5.97. The van der Waals surface area contributed by atoms with Crippen LogP contribution in [0.5, 0.6) is 0 Å². The van der Waals surface area contributed by atoms with Crippen molar-refractivity contribution < 1.29 is 14.3 Å². The number of aliphatic carboxylic acids is 1. The lowest BCUT2D eigenvalue weighted by Crippen LogP contribution is -2.49. The first-order chi connectivity index (χ1) is 8.52. The van der Waals surface area contributed by atoms with E-state index in [0.29, 0.717) is 24.4 Å². The Morgan fingerprint density at radius 3 is 2.94 bits per heavy atom. The van der Waals surface area contributed by atoms with E-state index in [4.69, 9.17) is 0 Å². The molecule has 0 amide bonds. The zero-order chi connectivity index (χ0) is 13.2. The van der Waals surface area contributed by atoms with E-state index in [2.05, 4.69) is 12.2 Å².